The fraction of sp³-hybridized carbons (Fsp3) is 0.231. The molecule has 0 bridgehead atoms. The van der Waals surface area contributed by atoms with Crippen LogP contribution in [0, 0.1) is 13.8 Å². The van der Waals surface area contributed by atoms with Crippen molar-refractivity contribution in [3.05, 3.63) is 64.2 Å². The molecule has 0 amide bonds. The van der Waals surface area contributed by atoms with Gasteiger partial charge in [-0.05, 0) is 61.4 Å². The predicted molar refractivity (Wildman–Crippen MR) is 123 cm³/mol. The van der Waals surface area contributed by atoms with E-state index in [9.17, 15) is 9.59 Å². The number of hydrogen-bond donors (Lipinski definition) is 0. The molecule has 0 heterocycles. The molecule has 0 saturated carbocycles. The van der Waals surface area contributed by atoms with Gasteiger partial charge >= 0.3 is 0 Å². The lowest BCUT2D eigenvalue weighted by atomic mass is 9.82. The number of ether oxygens (including phenoxy) is 4. The Morgan fingerprint density at radius 3 is 2.00 bits per heavy atom. The molecule has 32 heavy (non-hydrogen) atoms. The fourth-order valence-electron chi connectivity index (χ4n) is 4.38. The maximum Gasteiger partial charge on any atom is 0.194 e. The summed E-state index contributed by atoms with van der Waals surface area (Å²) in [5, 5.41) is 1.46. The molecule has 4 rings (SSSR count). The maximum atomic E-state index is 13.6. The summed E-state index contributed by atoms with van der Waals surface area (Å²) in [4.78, 5) is 26.7. The number of rotatable bonds is 5. The minimum atomic E-state index is -0.286. The molecule has 0 fully saturated rings. The molecule has 6 heteroatoms. The lowest BCUT2D eigenvalue weighted by Gasteiger charge is -2.23. The van der Waals surface area contributed by atoms with Crippen molar-refractivity contribution in [2.24, 2.45) is 0 Å². The van der Waals surface area contributed by atoms with Crippen LogP contribution in [0.1, 0.15) is 37.4 Å². The molecular weight excluding hydrogens is 408 g/mol. The van der Waals surface area contributed by atoms with Crippen molar-refractivity contribution in [1.82, 2.24) is 0 Å². The lowest BCUT2D eigenvalue weighted by molar-refractivity contribution is 0.0998. The predicted octanol–water partition coefficient (Wildman–Crippen LogP) is 4.95. The second-order valence-electron chi connectivity index (χ2n) is 7.64. The number of aryl methyl sites for hydroxylation is 2. The Morgan fingerprint density at radius 1 is 0.719 bits per heavy atom. The molecular formula is C26H24O6. The van der Waals surface area contributed by atoms with Gasteiger partial charge in [0.25, 0.3) is 0 Å². The first kappa shape index (κ1) is 21.4. The number of benzene rings is 3. The van der Waals surface area contributed by atoms with E-state index in [0.29, 0.717) is 39.5 Å². The third-order valence-electron chi connectivity index (χ3n) is 5.77. The highest BCUT2D eigenvalue weighted by Gasteiger charge is 2.33. The van der Waals surface area contributed by atoms with Crippen LogP contribution in [-0.4, -0.2) is 40.0 Å². The summed E-state index contributed by atoms with van der Waals surface area (Å²) in [5.41, 5.74) is 3.03. The number of fused-ring (bicyclic) bond motifs is 2. The highest BCUT2D eigenvalue weighted by atomic mass is 16.5. The van der Waals surface area contributed by atoms with Crippen molar-refractivity contribution in [2.45, 2.75) is 13.8 Å². The third-order valence-corrected chi connectivity index (χ3v) is 5.77. The second-order valence-corrected chi connectivity index (χ2v) is 7.64. The fourth-order valence-corrected chi connectivity index (χ4v) is 4.38. The van der Waals surface area contributed by atoms with Gasteiger partial charge in [0.05, 0.1) is 39.4 Å². The third kappa shape index (κ3) is 3.11. The minimum absolute atomic E-state index is 0.260. The van der Waals surface area contributed by atoms with Crippen LogP contribution in [0.3, 0.4) is 0 Å². The molecule has 1 aliphatic rings. The highest BCUT2D eigenvalue weighted by molar-refractivity contribution is 6.40. The van der Waals surface area contributed by atoms with E-state index >= 15 is 0 Å². The van der Waals surface area contributed by atoms with Gasteiger partial charge in [-0.25, -0.2) is 0 Å². The summed E-state index contributed by atoms with van der Waals surface area (Å²) in [6, 6.07) is 8.99. The van der Waals surface area contributed by atoms with Gasteiger partial charge < -0.3 is 18.9 Å². The molecule has 0 aliphatic heterocycles. The molecule has 1 aliphatic carbocycles. The number of allylic oxidation sites excluding steroid dienone is 2. The molecule has 0 N–H and O–H groups in total. The first-order chi connectivity index (χ1) is 15.4. The zero-order valence-electron chi connectivity index (χ0n) is 18.9. The monoisotopic (exact) mass is 432 g/mol. The zero-order valence-corrected chi connectivity index (χ0v) is 18.9. The Balaban J connectivity index is 2.05. The van der Waals surface area contributed by atoms with Crippen LogP contribution in [0.25, 0.3) is 16.3 Å². The molecule has 6 nitrogen and oxygen atoms in total. The topological polar surface area (TPSA) is 71.1 Å². The SMILES string of the molecule is COc1cc(C)cc2c1C(=O)C=C(c1c(C)cc3c(OC)ccc(OC)c3c1OC)C2=O. The van der Waals surface area contributed by atoms with E-state index in [1.165, 1.54) is 20.3 Å². The lowest BCUT2D eigenvalue weighted by Crippen LogP contribution is -2.18. The van der Waals surface area contributed by atoms with Crippen molar-refractivity contribution in [3.63, 3.8) is 0 Å². The van der Waals surface area contributed by atoms with Crippen LogP contribution in [0.4, 0.5) is 0 Å². The van der Waals surface area contributed by atoms with Gasteiger partial charge in [-0.1, -0.05) is 0 Å². The summed E-state index contributed by atoms with van der Waals surface area (Å²) in [6.07, 6.45) is 1.37. The van der Waals surface area contributed by atoms with Crippen LogP contribution in [-0.2, 0) is 0 Å². The number of Topliss-reactive ketones (excluding diaryl/α,β-unsaturated/α-hetero) is 1. The second kappa shape index (κ2) is 8.04. The molecule has 0 saturated heterocycles. The van der Waals surface area contributed by atoms with Gasteiger partial charge in [0, 0.05) is 22.1 Å². The van der Waals surface area contributed by atoms with Crippen LogP contribution in [0.15, 0.2) is 36.4 Å². The van der Waals surface area contributed by atoms with E-state index < -0.39 is 0 Å². The number of carbonyl (C=O) groups is 2. The van der Waals surface area contributed by atoms with Gasteiger partial charge in [0.1, 0.15) is 23.0 Å². The van der Waals surface area contributed by atoms with Crippen molar-refractivity contribution >= 4 is 27.9 Å². The highest BCUT2D eigenvalue weighted by Crippen LogP contribution is 2.46. The van der Waals surface area contributed by atoms with E-state index in [-0.39, 0.29) is 22.7 Å². The van der Waals surface area contributed by atoms with Gasteiger partial charge in [0.2, 0.25) is 0 Å². The number of carbonyl (C=O) groups excluding carboxylic acids is 2. The van der Waals surface area contributed by atoms with Crippen LogP contribution < -0.4 is 18.9 Å². The van der Waals surface area contributed by atoms with E-state index in [1.54, 1.807) is 32.4 Å². The van der Waals surface area contributed by atoms with E-state index in [1.807, 2.05) is 26.0 Å². The van der Waals surface area contributed by atoms with Gasteiger partial charge in [-0.3, -0.25) is 9.59 Å². The van der Waals surface area contributed by atoms with Crippen molar-refractivity contribution in [1.29, 1.82) is 0 Å². The van der Waals surface area contributed by atoms with Crippen LogP contribution in [0.2, 0.25) is 0 Å². The first-order valence-electron chi connectivity index (χ1n) is 10.1. The van der Waals surface area contributed by atoms with Gasteiger partial charge in [0.15, 0.2) is 11.6 Å². The van der Waals surface area contributed by atoms with E-state index in [0.717, 1.165) is 16.5 Å². The Morgan fingerprint density at radius 2 is 1.38 bits per heavy atom. The summed E-state index contributed by atoms with van der Waals surface area (Å²) in [7, 11) is 6.19. The van der Waals surface area contributed by atoms with Crippen molar-refractivity contribution in [3.8, 4) is 23.0 Å². The average Bonchev–Trinajstić information content (AvgIpc) is 2.79. The Labute approximate surface area is 186 Å². The molecule has 0 spiro atoms. The molecule has 164 valence electrons. The quantitative estimate of drug-likeness (QED) is 0.568. The largest absolute Gasteiger partial charge is 0.496 e. The molecule has 0 unspecified atom stereocenters. The van der Waals surface area contributed by atoms with Crippen molar-refractivity contribution in [2.75, 3.05) is 28.4 Å². The molecule has 0 aromatic heterocycles. The summed E-state index contributed by atoms with van der Waals surface area (Å²) in [5.74, 6) is 1.52. The van der Waals surface area contributed by atoms with Crippen molar-refractivity contribution < 1.29 is 28.5 Å². The Bertz CT molecular complexity index is 1320. The normalized spacial score (nSPS) is 13.0. The Kier molecular flexibility index (Phi) is 5.38. The first-order valence-corrected chi connectivity index (χ1v) is 10.1. The molecule has 0 radical (unpaired) electrons. The van der Waals surface area contributed by atoms with Crippen LogP contribution in [0.5, 0.6) is 23.0 Å². The Hall–Kier alpha value is -3.80. The summed E-state index contributed by atoms with van der Waals surface area (Å²) < 4.78 is 22.3. The smallest absolute Gasteiger partial charge is 0.194 e. The van der Waals surface area contributed by atoms with Gasteiger partial charge in [-0.15, -0.1) is 0 Å². The molecule has 3 aromatic rings. The maximum absolute atomic E-state index is 13.6. The number of ketones is 2. The zero-order chi connectivity index (χ0) is 23.2. The average molecular weight is 432 g/mol. The van der Waals surface area contributed by atoms with E-state index in [2.05, 4.69) is 0 Å². The van der Waals surface area contributed by atoms with Crippen LogP contribution >= 0.6 is 0 Å². The minimum Gasteiger partial charge on any atom is -0.496 e. The standard InChI is InChI=1S/C26H24O6/c1-13-9-16-23(21(10-13)31-5)18(27)12-17(25(16)28)22-14(2)11-15-19(29-3)7-8-20(30-4)24(15)26(22)32-6/h7-12H,1-6H3. The molecule has 3 aromatic carbocycles. The summed E-state index contributed by atoms with van der Waals surface area (Å²) >= 11 is 0. The molecule has 0 atom stereocenters. The van der Waals surface area contributed by atoms with Gasteiger partial charge in [-0.2, -0.15) is 0 Å². The summed E-state index contributed by atoms with van der Waals surface area (Å²) in [6.45, 7) is 3.73. The number of methoxy groups -OCH3 is 4. The number of hydrogen-bond acceptors (Lipinski definition) is 6. The van der Waals surface area contributed by atoms with E-state index in [4.69, 9.17) is 18.9 Å².